The van der Waals surface area contributed by atoms with E-state index in [2.05, 4.69) is 4.98 Å². The van der Waals surface area contributed by atoms with Gasteiger partial charge in [-0.15, -0.1) is 0 Å². The summed E-state index contributed by atoms with van der Waals surface area (Å²) in [7, 11) is 0. The lowest BCUT2D eigenvalue weighted by Gasteiger charge is -2.09. The number of aromatic nitrogens is 1. The molecule has 0 unspecified atom stereocenters. The minimum atomic E-state index is -0.430. The Balaban J connectivity index is 2.05. The molecule has 0 atom stereocenters. The fourth-order valence-electron chi connectivity index (χ4n) is 5.58. The lowest BCUT2D eigenvalue weighted by molar-refractivity contribution is 1.48. The van der Waals surface area contributed by atoms with Crippen LogP contribution in [0.2, 0.25) is 0 Å². The van der Waals surface area contributed by atoms with Gasteiger partial charge in [0.2, 0.25) is 0 Å². The maximum absolute atomic E-state index is 14.1. The van der Waals surface area contributed by atoms with Crippen LogP contribution in [0.4, 0.5) is 0 Å². The molecule has 0 fully saturated rings. The zero-order valence-corrected chi connectivity index (χ0v) is 18.0. The highest BCUT2D eigenvalue weighted by atomic mass is 16.1. The molecule has 34 heavy (non-hydrogen) atoms. The standard InChI is InChI=1S/C29H15NO4/c1-13-20-23(28(33)17-10-5-4-9-16(17)27(20)32)24-22-21-18(11-6-12-19(21)30-25(13)22)26(31)14-7-2-3-8-15(14)29(24)34/h2-12,30H,1H3. The van der Waals surface area contributed by atoms with E-state index < -0.39 is 5.43 Å². The zero-order chi connectivity index (χ0) is 23.3. The number of aromatic amines is 1. The average Bonchev–Trinajstić information content (AvgIpc) is 3.26. The molecule has 0 amide bonds. The van der Waals surface area contributed by atoms with E-state index in [0.717, 1.165) is 0 Å². The summed E-state index contributed by atoms with van der Waals surface area (Å²) in [5, 5.41) is 3.26. The Morgan fingerprint density at radius 2 is 0.941 bits per heavy atom. The van der Waals surface area contributed by atoms with Crippen LogP contribution in [0.15, 0.2) is 85.9 Å². The van der Waals surface area contributed by atoms with Crippen LogP contribution in [-0.4, -0.2) is 4.98 Å². The van der Waals surface area contributed by atoms with Gasteiger partial charge in [0.25, 0.3) is 0 Å². The molecule has 7 aromatic rings. The van der Waals surface area contributed by atoms with Gasteiger partial charge in [-0.05, 0) is 18.6 Å². The van der Waals surface area contributed by atoms with Crippen LogP contribution in [0.5, 0.6) is 0 Å². The summed E-state index contributed by atoms with van der Waals surface area (Å²) in [6.07, 6.45) is 0. The third-order valence-electron chi connectivity index (χ3n) is 7.08. The Morgan fingerprint density at radius 3 is 1.53 bits per heavy atom. The van der Waals surface area contributed by atoms with Crippen LogP contribution in [0.25, 0.3) is 64.9 Å². The number of fused-ring (bicyclic) bond motifs is 4. The molecule has 0 aliphatic rings. The smallest absolute Gasteiger partial charge is 0.195 e. The summed E-state index contributed by atoms with van der Waals surface area (Å²) in [4.78, 5) is 58.5. The zero-order valence-electron chi connectivity index (χ0n) is 18.0. The first-order valence-electron chi connectivity index (χ1n) is 11.0. The van der Waals surface area contributed by atoms with E-state index in [-0.39, 0.29) is 48.6 Å². The molecule has 7 rings (SSSR count). The van der Waals surface area contributed by atoms with Crippen LogP contribution in [0.1, 0.15) is 5.56 Å². The molecule has 0 bridgehead atoms. The van der Waals surface area contributed by atoms with Gasteiger partial charge in [0.05, 0.1) is 5.52 Å². The second-order valence-corrected chi connectivity index (χ2v) is 8.76. The lowest BCUT2D eigenvalue weighted by Crippen LogP contribution is -2.17. The lowest BCUT2D eigenvalue weighted by atomic mass is 9.91. The van der Waals surface area contributed by atoms with Crippen LogP contribution in [0.3, 0.4) is 0 Å². The molecule has 0 spiro atoms. The quantitative estimate of drug-likeness (QED) is 0.350. The van der Waals surface area contributed by atoms with Crippen LogP contribution >= 0.6 is 0 Å². The first kappa shape index (κ1) is 18.9. The predicted octanol–water partition coefficient (Wildman–Crippen LogP) is 4.56. The fraction of sp³-hybridized carbons (Fsp3) is 0.0345. The van der Waals surface area contributed by atoms with Gasteiger partial charge in [0.15, 0.2) is 21.7 Å². The summed E-state index contributed by atoms with van der Waals surface area (Å²) in [5.41, 5.74) is 0.561. The fourth-order valence-corrected chi connectivity index (χ4v) is 5.58. The molecule has 1 heterocycles. The van der Waals surface area contributed by atoms with Crippen molar-refractivity contribution in [2.75, 3.05) is 0 Å². The number of rotatable bonds is 0. The Labute approximate surface area is 190 Å². The molecule has 5 nitrogen and oxygen atoms in total. The molecular weight excluding hydrogens is 426 g/mol. The maximum atomic E-state index is 14.1. The molecule has 1 aromatic heterocycles. The summed E-state index contributed by atoms with van der Waals surface area (Å²) < 4.78 is 0. The summed E-state index contributed by atoms with van der Waals surface area (Å²) in [5.74, 6) is 0. The number of H-pyrrole nitrogens is 1. The van der Waals surface area contributed by atoms with E-state index in [1.54, 1.807) is 67.6 Å². The second kappa shape index (κ2) is 6.23. The van der Waals surface area contributed by atoms with Crippen molar-refractivity contribution in [1.82, 2.24) is 4.98 Å². The normalized spacial score (nSPS) is 12.1. The van der Waals surface area contributed by atoms with Gasteiger partial charge < -0.3 is 4.98 Å². The molecular formula is C29H15NO4. The van der Waals surface area contributed by atoms with E-state index in [4.69, 9.17) is 0 Å². The van der Waals surface area contributed by atoms with Crippen LogP contribution < -0.4 is 21.7 Å². The van der Waals surface area contributed by atoms with E-state index in [0.29, 0.717) is 38.1 Å². The third-order valence-corrected chi connectivity index (χ3v) is 7.08. The van der Waals surface area contributed by atoms with Gasteiger partial charge in [0.1, 0.15) is 0 Å². The van der Waals surface area contributed by atoms with Crippen molar-refractivity contribution in [3.8, 4) is 0 Å². The molecule has 160 valence electrons. The largest absolute Gasteiger partial charge is 0.354 e. The highest BCUT2D eigenvalue weighted by molar-refractivity contribution is 6.30. The van der Waals surface area contributed by atoms with Gasteiger partial charge in [0, 0.05) is 59.4 Å². The van der Waals surface area contributed by atoms with Gasteiger partial charge >= 0.3 is 0 Å². The Kier molecular flexibility index (Phi) is 3.46. The van der Waals surface area contributed by atoms with Crippen LogP contribution in [0, 0.1) is 6.92 Å². The SMILES string of the molecule is Cc1c2[nH]c3cccc4c(=O)c5ccccc5c(=O)c(c5c(=O)c6ccccc6c(=O)c15)c2c34. The van der Waals surface area contributed by atoms with Crippen molar-refractivity contribution in [1.29, 1.82) is 0 Å². The number of hydrogen-bond donors (Lipinski definition) is 1. The summed E-state index contributed by atoms with van der Waals surface area (Å²) in [6, 6.07) is 18.7. The topological polar surface area (TPSA) is 84.1 Å². The summed E-state index contributed by atoms with van der Waals surface area (Å²) >= 11 is 0. The van der Waals surface area contributed by atoms with Gasteiger partial charge in [-0.25, -0.2) is 0 Å². The van der Waals surface area contributed by atoms with Crippen molar-refractivity contribution in [2.24, 2.45) is 0 Å². The molecule has 6 aromatic carbocycles. The number of hydrogen-bond acceptors (Lipinski definition) is 4. The van der Waals surface area contributed by atoms with E-state index in [1.807, 2.05) is 6.07 Å². The molecule has 1 N–H and O–H groups in total. The van der Waals surface area contributed by atoms with Gasteiger partial charge in [-0.2, -0.15) is 0 Å². The van der Waals surface area contributed by atoms with Crippen molar-refractivity contribution in [3.63, 3.8) is 0 Å². The molecule has 0 aliphatic carbocycles. The number of benzene rings is 5. The molecule has 0 radical (unpaired) electrons. The Bertz CT molecular complexity index is 2270. The number of aryl methyl sites for hydroxylation is 1. The van der Waals surface area contributed by atoms with Crippen molar-refractivity contribution >= 4 is 64.9 Å². The van der Waals surface area contributed by atoms with Gasteiger partial charge in [-0.3, -0.25) is 19.2 Å². The van der Waals surface area contributed by atoms with Crippen molar-refractivity contribution < 1.29 is 0 Å². The molecule has 0 aliphatic heterocycles. The predicted molar refractivity (Wildman–Crippen MR) is 138 cm³/mol. The Hall–Kier alpha value is -4.64. The third kappa shape index (κ3) is 2.09. The first-order chi connectivity index (χ1) is 16.5. The Morgan fingerprint density at radius 1 is 0.471 bits per heavy atom. The second-order valence-electron chi connectivity index (χ2n) is 8.76. The van der Waals surface area contributed by atoms with E-state index >= 15 is 0 Å². The summed E-state index contributed by atoms with van der Waals surface area (Å²) in [6.45, 7) is 1.78. The first-order valence-corrected chi connectivity index (χ1v) is 11.0. The highest BCUT2D eigenvalue weighted by Gasteiger charge is 2.23. The van der Waals surface area contributed by atoms with E-state index in [9.17, 15) is 19.2 Å². The minimum Gasteiger partial charge on any atom is -0.354 e. The van der Waals surface area contributed by atoms with E-state index in [1.165, 1.54) is 0 Å². The minimum absolute atomic E-state index is 0.124. The highest BCUT2D eigenvalue weighted by Crippen LogP contribution is 2.37. The van der Waals surface area contributed by atoms with Crippen molar-refractivity contribution in [3.05, 3.63) is 113 Å². The van der Waals surface area contributed by atoms with Gasteiger partial charge in [-0.1, -0.05) is 60.7 Å². The van der Waals surface area contributed by atoms with Crippen LogP contribution in [-0.2, 0) is 0 Å². The molecule has 5 heteroatoms. The maximum Gasteiger partial charge on any atom is 0.195 e. The average molecular weight is 441 g/mol. The number of nitrogens with one attached hydrogen (secondary N) is 1. The molecule has 0 saturated carbocycles. The molecule has 0 saturated heterocycles. The van der Waals surface area contributed by atoms with Crippen molar-refractivity contribution in [2.45, 2.75) is 6.92 Å². The monoisotopic (exact) mass is 441 g/mol.